The molecule has 1 aliphatic heterocycles. The Morgan fingerprint density at radius 1 is 1.35 bits per heavy atom. The molecule has 0 spiro atoms. The van der Waals surface area contributed by atoms with E-state index in [1.807, 2.05) is 11.8 Å². The van der Waals surface area contributed by atoms with Crippen molar-refractivity contribution < 1.29 is 9.59 Å². The average Bonchev–Trinajstić information content (AvgIpc) is 2.49. The fourth-order valence-electron chi connectivity index (χ4n) is 3.61. The van der Waals surface area contributed by atoms with E-state index >= 15 is 0 Å². The molecule has 5 nitrogen and oxygen atoms in total. The molecule has 0 bridgehead atoms. The Hall–Kier alpha value is -1.10. The van der Waals surface area contributed by atoms with E-state index in [4.69, 9.17) is 5.73 Å². The third-order valence-corrected chi connectivity index (χ3v) is 4.81. The lowest BCUT2D eigenvalue weighted by atomic mass is 9.82. The summed E-state index contributed by atoms with van der Waals surface area (Å²) in [6.45, 7) is 3.94. The van der Waals surface area contributed by atoms with Crippen molar-refractivity contribution in [1.82, 2.24) is 10.2 Å². The third kappa shape index (κ3) is 3.32. The standard InChI is InChI=1S/C15H27N3O2/c1-2-18(13-6-4-3-5-11(13)9-16)15(20)12-7-8-14(19)17-10-12/h11-13H,2-10,16H2,1H3,(H,17,19). The molecule has 3 unspecified atom stereocenters. The number of nitrogens with zero attached hydrogens (tertiary/aromatic N) is 1. The molecule has 1 aliphatic carbocycles. The van der Waals surface area contributed by atoms with Gasteiger partial charge in [0.2, 0.25) is 11.8 Å². The maximum atomic E-state index is 12.7. The minimum Gasteiger partial charge on any atom is -0.355 e. The predicted octanol–water partition coefficient (Wildman–Crippen LogP) is 0.879. The molecule has 2 aliphatic rings. The SMILES string of the molecule is CCN(C(=O)C1CCC(=O)NC1)C1CCCCC1CN. The van der Waals surface area contributed by atoms with Crippen molar-refractivity contribution in [2.75, 3.05) is 19.6 Å². The van der Waals surface area contributed by atoms with E-state index in [2.05, 4.69) is 5.32 Å². The first kappa shape index (κ1) is 15.3. The van der Waals surface area contributed by atoms with Crippen LogP contribution in [0.25, 0.3) is 0 Å². The minimum absolute atomic E-state index is 0.0481. The number of nitrogens with one attached hydrogen (secondary N) is 1. The lowest BCUT2D eigenvalue weighted by molar-refractivity contribution is -0.141. The number of piperidine rings is 1. The number of rotatable bonds is 4. The summed E-state index contributed by atoms with van der Waals surface area (Å²) in [6.07, 6.45) is 5.77. The van der Waals surface area contributed by atoms with Crippen molar-refractivity contribution in [3.05, 3.63) is 0 Å². The van der Waals surface area contributed by atoms with E-state index in [0.717, 1.165) is 19.4 Å². The van der Waals surface area contributed by atoms with Gasteiger partial charge in [0.05, 0.1) is 5.92 Å². The van der Waals surface area contributed by atoms with Gasteiger partial charge < -0.3 is 16.0 Å². The number of carbonyl (C=O) groups excluding carboxylic acids is 2. The summed E-state index contributed by atoms with van der Waals surface area (Å²) in [6, 6.07) is 0.295. The molecule has 1 heterocycles. The van der Waals surface area contributed by atoms with Crippen molar-refractivity contribution in [1.29, 1.82) is 0 Å². The molecule has 1 saturated heterocycles. The molecule has 0 aromatic heterocycles. The maximum absolute atomic E-state index is 12.7. The molecule has 2 fully saturated rings. The molecule has 20 heavy (non-hydrogen) atoms. The number of amides is 2. The van der Waals surface area contributed by atoms with Crippen molar-refractivity contribution in [3.8, 4) is 0 Å². The van der Waals surface area contributed by atoms with E-state index < -0.39 is 0 Å². The van der Waals surface area contributed by atoms with Crippen molar-refractivity contribution in [3.63, 3.8) is 0 Å². The Morgan fingerprint density at radius 2 is 2.10 bits per heavy atom. The Labute approximate surface area is 121 Å². The Morgan fingerprint density at radius 3 is 2.70 bits per heavy atom. The highest BCUT2D eigenvalue weighted by Crippen LogP contribution is 2.29. The highest BCUT2D eigenvalue weighted by Gasteiger charge is 2.35. The summed E-state index contributed by atoms with van der Waals surface area (Å²) in [5, 5.41) is 2.81. The van der Waals surface area contributed by atoms with Crippen LogP contribution >= 0.6 is 0 Å². The van der Waals surface area contributed by atoms with Gasteiger partial charge in [-0.3, -0.25) is 9.59 Å². The first-order valence-electron chi connectivity index (χ1n) is 7.94. The van der Waals surface area contributed by atoms with Crippen LogP contribution in [0, 0.1) is 11.8 Å². The minimum atomic E-state index is -0.0481. The van der Waals surface area contributed by atoms with E-state index in [0.29, 0.717) is 37.9 Å². The van der Waals surface area contributed by atoms with Gasteiger partial charge >= 0.3 is 0 Å². The summed E-state index contributed by atoms with van der Waals surface area (Å²) >= 11 is 0. The molecule has 3 atom stereocenters. The number of hydrogen-bond donors (Lipinski definition) is 2. The van der Waals surface area contributed by atoms with Crippen LogP contribution in [0.2, 0.25) is 0 Å². The van der Waals surface area contributed by atoms with Gasteiger partial charge in [0.1, 0.15) is 0 Å². The zero-order valence-corrected chi connectivity index (χ0v) is 12.4. The molecular weight excluding hydrogens is 254 g/mol. The largest absolute Gasteiger partial charge is 0.355 e. The fraction of sp³-hybridized carbons (Fsp3) is 0.867. The number of carbonyl (C=O) groups is 2. The second-order valence-corrected chi connectivity index (χ2v) is 6.01. The van der Waals surface area contributed by atoms with Crippen molar-refractivity contribution in [2.24, 2.45) is 17.6 Å². The van der Waals surface area contributed by atoms with Gasteiger partial charge in [0.15, 0.2) is 0 Å². The normalized spacial score (nSPS) is 30.7. The summed E-state index contributed by atoms with van der Waals surface area (Å²) in [7, 11) is 0. The van der Waals surface area contributed by atoms with Crippen LogP contribution in [-0.2, 0) is 9.59 Å². The van der Waals surface area contributed by atoms with Gasteiger partial charge in [-0.2, -0.15) is 0 Å². The average molecular weight is 281 g/mol. The highest BCUT2D eigenvalue weighted by atomic mass is 16.2. The van der Waals surface area contributed by atoms with E-state index in [9.17, 15) is 9.59 Å². The molecule has 2 amide bonds. The second kappa shape index (κ2) is 7.07. The molecule has 5 heteroatoms. The van der Waals surface area contributed by atoms with Crippen LogP contribution in [0.1, 0.15) is 45.4 Å². The molecular formula is C15H27N3O2. The quantitative estimate of drug-likeness (QED) is 0.803. The Bertz CT molecular complexity index is 349. The molecule has 0 aromatic carbocycles. The summed E-state index contributed by atoms with van der Waals surface area (Å²) in [5.41, 5.74) is 5.89. The lowest BCUT2D eigenvalue weighted by Crippen LogP contribution is -2.52. The van der Waals surface area contributed by atoms with Crippen molar-refractivity contribution >= 4 is 11.8 Å². The molecule has 3 N–H and O–H groups in total. The molecule has 1 saturated carbocycles. The van der Waals surface area contributed by atoms with Crippen LogP contribution < -0.4 is 11.1 Å². The van der Waals surface area contributed by atoms with Gasteiger partial charge in [-0.15, -0.1) is 0 Å². The van der Waals surface area contributed by atoms with Crippen molar-refractivity contribution in [2.45, 2.75) is 51.5 Å². The zero-order valence-electron chi connectivity index (χ0n) is 12.4. The van der Waals surface area contributed by atoms with Crippen LogP contribution in [0.4, 0.5) is 0 Å². The molecule has 114 valence electrons. The Kier molecular flexibility index (Phi) is 5.40. The smallest absolute Gasteiger partial charge is 0.227 e. The molecule has 2 rings (SSSR count). The third-order valence-electron chi connectivity index (χ3n) is 4.81. The monoisotopic (exact) mass is 281 g/mol. The van der Waals surface area contributed by atoms with Crippen LogP contribution in [0.5, 0.6) is 0 Å². The fourth-order valence-corrected chi connectivity index (χ4v) is 3.61. The van der Waals surface area contributed by atoms with Crippen LogP contribution in [0.3, 0.4) is 0 Å². The summed E-state index contributed by atoms with van der Waals surface area (Å²) < 4.78 is 0. The topological polar surface area (TPSA) is 75.4 Å². The predicted molar refractivity (Wildman–Crippen MR) is 77.9 cm³/mol. The first-order valence-corrected chi connectivity index (χ1v) is 7.94. The van der Waals surface area contributed by atoms with Crippen LogP contribution in [0.15, 0.2) is 0 Å². The van der Waals surface area contributed by atoms with Gasteiger partial charge in [-0.05, 0) is 38.6 Å². The summed E-state index contributed by atoms with van der Waals surface area (Å²) in [5.74, 6) is 0.659. The van der Waals surface area contributed by atoms with E-state index in [1.54, 1.807) is 0 Å². The molecule has 0 aromatic rings. The van der Waals surface area contributed by atoms with Gasteiger partial charge in [0, 0.05) is 25.6 Å². The van der Waals surface area contributed by atoms with Gasteiger partial charge in [-0.1, -0.05) is 12.8 Å². The second-order valence-electron chi connectivity index (χ2n) is 6.01. The maximum Gasteiger partial charge on any atom is 0.227 e. The van der Waals surface area contributed by atoms with E-state index in [1.165, 1.54) is 12.8 Å². The Balaban J connectivity index is 2.02. The van der Waals surface area contributed by atoms with E-state index in [-0.39, 0.29) is 17.7 Å². The number of nitrogens with two attached hydrogens (primary N) is 1. The number of hydrogen-bond acceptors (Lipinski definition) is 3. The summed E-state index contributed by atoms with van der Waals surface area (Å²) in [4.78, 5) is 26.0. The van der Waals surface area contributed by atoms with Gasteiger partial charge in [0.25, 0.3) is 0 Å². The highest BCUT2D eigenvalue weighted by molar-refractivity contribution is 5.84. The first-order chi connectivity index (χ1) is 9.67. The van der Waals surface area contributed by atoms with Crippen LogP contribution in [-0.4, -0.2) is 42.4 Å². The molecule has 0 radical (unpaired) electrons. The lowest BCUT2D eigenvalue weighted by Gasteiger charge is -2.41. The zero-order chi connectivity index (χ0) is 14.5. The van der Waals surface area contributed by atoms with Gasteiger partial charge in [-0.25, -0.2) is 0 Å².